The lowest BCUT2D eigenvalue weighted by Crippen LogP contribution is -2.43. The van der Waals surface area contributed by atoms with Gasteiger partial charge in [-0.25, -0.2) is 0 Å². The molecule has 1 heterocycles. The summed E-state index contributed by atoms with van der Waals surface area (Å²) in [5, 5.41) is 9.46. The summed E-state index contributed by atoms with van der Waals surface area (Å²) < 4.78 is 15.8. The molecule has 7 nitrogen and oxygen atoms in total. The molecule has 2 rings (SSSR count). The first-order valence-corrected chi connectivity index (χ1v) is 7.74. The number of hydrogen-bond donors (Lipinski definition) is 1. The van der Waals surface area contributed by atoms with E-state index in [2.05, 4.69) is 0 Å². The lowest BCUT2D eigenvalue weighted by Gasteiger charge is -2.25. The average Bonchev–Trinajstić information content (AvgIpc) is 3.01. The fraction of sp³-hybridized carbons (Fsp3) is 0.529. The Hall–Kier alpha value is -2.28. The van der Waals surface area contributed by atoms with Gasteiger partial charge in [0.25, 0.3) is 5.91 Å². The molecule has 1 amide bonds. The SMILES string of the molecule is COCC1(C(=O)O)CCN(C(=O)C(C)Oc2ccc(OC)cc2)C1. The molecule has 1 aromatic carbocycles. The topological polar surface area (TPSA) is 85.3 Å². The molecule has 2 atom stereocenters. The highest BCUT2D eigenvalue weighted by Gasteiger charge is 2.47. The van der Waals surface area contributed by atoms with Gasteiger partial charge in [-0.2, -0.15) is 0 Å². The third-order valence-electron chi connectivity index (χ3n) is 4.26. The number of rotatable bonds is 7. The Morgan fingerprint density at radius 3 is 2.42 bits per heavy atom. The van der Waals surface area contributed by atoms with Gasteiger partial charge in [-0.05, 0) is 37.6 Å². The van der Waals surface area contributed by atoms with E-state index < -0.39 is 17.5 Å². The number of hydrogen-bond acceptors (Lipinski definition) is 5. The van der Waals surface area contributed by atoms with Crippen LogP contribution in [0, 0.1) is 5.41 Å². The number of aliphatic carboxylic acids is 1. The van der Waals surface area contributed by atoms with Crippen molar-refractivity contribution < 1.29 is 28.9 Å². The second kappa shape index (κ2) is 7.53. The van der Waals surface area contributed by atoms with E-state index in [0.29, 0.717) is 24.5 Å². The minimum absolute atomic E-state index is 0.0832. The van der Waals surface area contributed by atoms with Crippen LogP contribution in [0.3, 0.4) is 0 Å². The number of carbonyl (C=O) groups is 2. The summed E-state index contributed by atoms with van der Waals surface area (Å²) in [5.74, 6) is 0.0809. The molecule has 2 unspecified atom stereocenters. The molecule has 0 aliphatic carbocycles. The van der Waals surface area contributed by atoms with Crippen molar-refractivity contribution in [2.75, 3.05) is 33.9 Å². The van der Waals surface area contributed by atoms with Gasteiger partial charge >= 0.3 is 5.97 Å². The molecule has 24 heavy (non-hydrogen) atoms. The van der Waals surface area contributed by atoms with Crippen molar-refractivity contribution in [3.05, 3.63) is 24.3 Å². The molecule has 1 aliphatic heterocycles. The molecule has 7 heteroatoms. The lowest BCUT2D eigenvalue weighted by atomic mass is 9.88. The normalized spacial score (nSPS) is 21.4. The zero-order valence-electron chi connectivity index (χ0n) is 14.2. The monoisotopic (exact) mass is 337 g/mol. The Kier molecular flexibility index (Phi) is 5.66. The van der Waals surface area contributed by atoms with Crippen molar-refractivity contribution in [2.24, 2.45) is 5.41 Å². The maximum atomic E-state index is 12.5. The number of carboxylic acids is 1. The highest BCUT2D eigenvalue weighted by Crippen LogP contribution is 2.32. The largest absolute Gasteiger partial charge is 0.497 e. The van der Waals surface area contributed by atoms with Crippen molar-refractivity contribution in [3.8, 4) is 11.5 Å². The predicted octanol–water partition coefficient (Wildman–Crippen LogP) is 1.41. The highest BCUT2D eigenvalue weighted by molar-refractivity contribution is 5.83. The zero-order valence-corrected chi connectivity index (χ0v) is 14.2. The number of carboxylic acid groups (broad SMARTS) is 1. The standard InChI is InChI=1S/C17H23NO6/c1-12(24-14-6-4-13(23-3)5-7-14)15(19)18-9-8-17(10-18,11-22-2)16(20)21/h4-7,12H,8-11H2,1-3H3,(H,20,21). The molecule has 0 aromatic heterocycles. The number of amides is 1. The molecule has 1 saturated heterocycles. The summed E-state index contributed by atoms with van der Waals surface area (Å²) in [7, 11) is 3.04. The second-order valence-electron chi connectivity index (χ2n) is 5.96. The Morgan fingerprint density at radius 2 is 1.88 bits per heavy atom. The van der Waals surface area contributed by atoms with Crippen molar-refractivity contribution in [1.29, 1.82) is 0 Å². The van der Waals surface area contributed by atoms with E-state index in [0.717, 1.165) is 0 Å². The van der Waals surface area contributed by atoms with E-state index >= 15 is 0 Å². The van der Waals surface area contributed by atoms with Crippen LogP contribution >= 0.6 is 0 Å². The van der Waals surface area contributed by atoms with E-state index in [4.69, 9.17) is 14.2 Å². The number of likely N-dealkylation sites (tertiary alicyclic amines) is 1. The quantitative estimate of drug-likeness (QED) is 0.810. The number of nitrogens with zero attached hydrogens (tertiary/aromatic N) is 1. The van der Waals surface area contributed by atoms with Crippen molar-refractivity contribution >= 4 is 11.9 Å². The van der Waals surface area contributed by atoms with Crippen molar-refractivity contribution in [2.45, 2.75) is 19.4 Å². The summed E-state index contributed by atoms with van der Waals surface area (Å²) in [6.07, 6.45) is -0.331. The van der Waals surface area contributed by atoms with Crippen LogP contribution in [0.1, 0.15) is 13.3 Å². The fourth-order valence-corrected chi connectivity index (χ4v) is 2.86. The van der Waals surface area contributed by atoms with Crippen LogP contribution in [0.25, 0.3) is 0 Å². The Bertz CT molecular complexity index is 587. The zero-order chi connectivity index (χ0) is 17.7. The number of ether oxygens (including phenoxy) is 3. The lowest BCUT2D eigenvalue weighted by molar-refractivity contribution is -0.152. The summed E-state index contributed by atoms with van der Waals surface area (Å²) >= 11 is 0. The molecule has 0 bridgehead atoms. The van der Waals surface area contributed by atoms with Crippen molar-refractivity contribution in [3.63, 3.8) is 0 Å². The molecule has 132 valence electrons. The van der Waals surface area contributed by atoms with Gasteiger partial charge in [-0.3, -0.25) is 9.59 Å². The summed E-state index contributed by atoms with van der Waals surface area (Å²) in [6, 6.07) is 6.94. The van der Waals surface area contributed by atoms with Crippen LogP contribution in [0.15, 0.2) is 24.3 Å². The molecule has 1 aliphatic rings. The maximum absolute atomic E-state index is 12.5. The van der Waals surface area contributed by atoms with Crippen LogP contribution in [0.5, 0.6) is 11.5 Å². The summed E-state index contributed by atoms with van der Waals surface area (Å²) in [5.41, 5.74) is -1.04. The van der Waals surface area contributed by atoms with Gasteiger partial charge in [0, 0.05) is 20.2 Å². The first-order valence-electron chi connectivity index (χ1n) is 7.74. The maximum Gasteiger partial charge on any atom is 0.313 e. The Labute approximate surface area is 141 Å². The van der Waals surface area contributed by atoms with Gasteiger partial charge < -0.3 is 24.2 Å². The van der Waals surface area contributed by atoms with E-state index in [-0.39, 0.29) is 19.1 Å². The van der Waals surface area contributed by atoms with Gasteiger partial charge in [0.2, 0.25) is 0 Å². The van der Waals surface area contributed by atoms with E-state index in [9.17, 15) is 14.7 Å². The Balaban J connectivity index is 1.99. The smallest absolute Gasteiger partial charge is 0.313 e. The molecule has 1 aromatic rings. The molecule has 1 N–H and O–H groups in total. The fourth-order valence-electron chi connectivity index (χ4n) is 2.86. The highest BCUT2D eigenvalue weighted by atomic mass is 16.5. The third-order valence-corrected chi connectivity index (χ3v) is 4.26. The van der Waals surface area contributed by atoms with Gasteiger partial charge in [0.05, 0.1) is 13.7 Å². The van der Waals surface area contributed by atoms with Crippen LogP contribution in [-0.2, 0) is 14.3 Å². The first kappa shape index (κ1) is 18.1. The van der Waals surface area contributed by atoms with E-state index in [1.807, 2.05) is 0 Å². The van der Waals surface area contributed by atoms with Crippen LogP contribution in [0.4, 0.5) is 0 Å². The number of methoxy groups -OCH3 is 2. The van der Waals surface area contributed by atoms with Crippen LogP contribution < -0.4 is 9.47 Å². The predicted molar refractivity (Wildman–Crippen MR) is 86.2 cm³/mol. The van der Waals surface area contributed by atoms with E-state index in [1.165, 1.54) is 12.0 Å². The molecular formula is C17H23NO6. The third kappa shape index (κ3) is 3.79. The average molecular weight is 337 g/mol. The van der Waals surface area contributed by atoms with Gasteiger partial charge in [-0.1, -0.05) is 0 Å². The van der Waals surface area contributed by atoms with E-state index in [1.54, 1.807) is 38.3 Å². The van der Waals surface area contributed by atoms with Crippen molar-refractivity contribution in [1.82, 2.24) is 4.90 Å². The summed E-state index contributed by atoms with van der Waals surface area (Å²) in [6.45, 7) is 2.25. The van der Waals surface area contributed by atoms with Crippen LogP contribution in [0.2, 0.25) is 0 Å². The first-order chi connectivity index (χ1) is 11.4. The molecule has 1 fully saturated rings. The molecule has 0 saturated carbocycles. The Morgan fingerprint density at radius 1 is 1.25 bits per heavy atom. The van der Waals surface area contributed by atoms with Gasteiger partial charge in [-0.15, -0.1) is 0 Å². The van der Waals surface area contributed by atoms with Gasteiger partial charge in [0.15, 0.2) is 6.10 Å². The molecule has 0 spiro atoms. The molecule has 0 radical (unpaired) electrons. The van der Waals surface area contributed by atoms with Crippen LogP contribution in [-0.4, -0.2) is 61.9 Å². The number of benzene rings is 1. The summed E-state index contributed by atoms with van der Waals surface area (Å²) in [4.78, 5) is 25.6. The minimum Gasteiger partial charge on any atom is -0.497 e. The minimum atomic E-state index is -1.04. The van der Waals surface area contributed by atoms with Gasteiger partial charge in [0.1, 0.15) is 16.9 Å². The second-order valence-corrected chi connectivity index (χ2v) is 5.96. The number of carbonyl (C=O) groups excluding carboxylic acids is 1. The molecular weight excluding hydrogens is 314 g/mol.